The summed E-state index contributed by atoms with van der Waals surface area (Å²) in [4.78, 5) is 12.2. The van der Waals surface area contributed by atoms with E-state index < -0.39 is 9.84 Å². The number of aromatic nitrogens is 2. The second-order valence-corrected chi connectivity index (χ2v) is 7.52. The Hall–Kier alpha value is -2.09. The standard InChI is InChI=1S/C14H17N3O4S/c1-2-11-3-4-12(21-11)14(18)16-13-5-7-15-17(13)10-6-8-22(19,20)9-10/h3-5,7,10H,2,6,8-9H2,1H3,(H,16,18)/t10-/m1/s1. The van der Waals surface area contributed by atoms with Crippen LogP contribution < -0.4 is 5.32 Å². The molecule has 1 N–H and O–H groups in total. The van der Waals surface area contributed by atoms with E-state index in [0.29, 0.717) is 18.7 Å². The fourth-order valence-corrected chi connectivity index (χ4v) is 4.23. The molecule has 0 radical (unpaired) electrons. The fourth-order valence-electron chi connectivity index (χ4n) is 2.54. The molecule has 3 heterocycles. The highest BCUT2D eigenvalue weighted by molar-refractivity contribution is 7.91. The summed E-state index contributed by atoms with van der Waals surface area (Å²) in [7, 11) is -3.01. The predicted molar refractivity (Wildman–Crippen MR) is 80.6 cm³/mol. The third-order valence-corrected chi connectivity index (χ3v) is 5.45. The Morgan fingerprint density at radius 2 is 2.27 bits per heavy atom. The minimum Gasteiger partial charge on any atom is -0.456 e. The molecule has 7 nitrogen and oxygen atoms in total. The highest BCUT2D eigenvalue weighted by Gasteiger charge is 2.31. The highest BCUT2D eigenvalue weighted by atomic mass is 32.2. The Kier molecular flexibility index (Phi) is 3.78. The van der Waals surface area contributed by atoms with Crippen LogP contribution in [0.15, 0.2) is 28.8 Å². The molecule has 0 bridgehead atoms. The van der Waals surface area contributed by atoms with Crippen LogP contribution in [-0.4, -0.2) is 35.6 Å². The van der Waals surface area contributed by atoms with Gasteiger partial charge in [-0.25, -0.2) is 13.1 Å². The summed E-state index contributed by atoms with van der Waals surface area (Å²) < 4.78 is 30.1. The molecule has 0 aliphatic carbocycles. The Morgan fingerprint density at radius 1 is 1.45 bits per heavy atom. The number of anilines is 1. The van der Waals surface area contributed by atoms with Crippen molar-refractivity contribution in [1.82, 2.24) is 9.78 Å². The van der Waals surface area contributed by atoms with E-state index in [2.05, 4.69) is 10.4 Å². The number of sulfone groups is 1. The monoisotopic (exact) mass is 323 g/mol. The number of carbonyl (C=O) groups is 1. The van der Waals surface area contributed by atoms with Crippen LogP contribution >= 0.6 is 0 Å². The summed E-state index contributed by atoms with van der Waals surface area (Å²) in [5.74, 6) is 1.27. The summed E-state index contributed by atoms with van der Waals surface area (Å²) in [6.07, 6.45) is 2.76. The lowest BCUT2D eigenvalue weighted by Gasteiger charge is -2.13. The zero-order valence-corrected chi connectivity index (χ0v) is 13.0. The predicted octanol–water partition coefficient (Wildman–Crippen LogP) is 1.65. The van der Waals surface area contributed by atoms with Gasteiger partial charge in [0.25, 0.3) is 5.91 Å². The van der Waals surface area contributed by atoms with Gasteiger partial charge in [-0.05, 0) is 18.6 Å². The lowest BCUT2D eigenvalue weighted by molar-refractivity contribution is 0.0994. The van der Waals surface area contributed by atoms with Crippen molar-refractivity contribution in [2.75, 3.05) is 16.8 Å². The number of amides is 1. The Morgan fingerprint density at radius 3 is 2.91 bits per heavy atom. The lowest BCUT2D eigenvalue weighted by atomic mass is 10.3. The van der Waals surface area contributed by atoms with Crippen LogP contribution in [0, 0.1) is 0 Å². The molecule has 1 aliphatic rings. The molecule has 1 amide bonds. The van der Waals surface area contributed by atoms with Gasteiger partial charge in [-0.15, -0.1) is 0 Å². The molecule has 1 fully saturated rings. The number of nitrogens with zero attached hydrogens (tertiary/aromatic N) is 2. The number of furan rings is 1. The van der Waals surface area contributed by atoms with Crippen LogP contribution in [0.5, 0.6) is 0 Å². The number of carbonyl (C=O) groups excluding carboxylic acids is 1. The van der Waals surface area contributed by atoms with Crippen molar-refractivity contribution < 1.29 is 17.6 Å². The molecule has 1 atom stereocenters. The van der Waals surface area contributed by atoms with Crippen molar-refractivity contribution in [2.45, 2.75) is 25.8 Å². The summed E-state index contributed by atoms with van der Waals surface area (Å²) in [6, 6.07) is 4.79. The summed E-state index contributed by atoms with van der Waals surface area (Å²) >= 11 is 0. The van der Waals surface area contributed by atoms with E-state index in [0.717, 1.165) is 5.76 Å². The molecule has 1 saturated heterocycles. The third kappa shape index (κ3) is 2.92. The maximum atomic E-state index is 12.2. The zero-order valence-electron chi connectivity index (χ0n) is 12.2. The molecule has 0 saturated carbocycles. The Balaban J connectivity index is 1.76. The van der Waals surface area contributed by atoms with Gasteiger partial charge in [0.05, 0.1) is 23.7 Å². The second kappa shape index (κ2) is 5.60. The van der Waals surface area contributed by atoms with Crippen LogP contribution in [0.3, 0.4) is 0 Å². The average Bonchev–Trinajstić information content (AvgIpc) is 3.17. The minimum atomic E-state index is -3.01. The largest absolute Gasteiger partial charge is 0.456 e. The Labute approximate surface area is 128 Å². The molecule has 0 aromatic carbocycles. The van der Waals surface area contributed by atoms with Crippen LogP contribution in [0.1, 0.15) is 35.7 Å². The van der Waals surface area contributed by atoms with Gasteiger partial charge in [0, 0.05) is 12.5 Å². The van der Waals surface area contributed by atoms with E-state index in [1.807, 2.05) is 6.92 Å². The van der Waals surface area contributed by atoms with E-state index in [1.54, 1.807) is 29.1 Å². The fraction of sp³-hybridized carbons (Fsp3) is 0.429. The SMILES string of the molecule is CCc1ccc(C(=O)Nc2ccnn2[C@@H]2CCS(=O)(=O)C2)o1. The number of aryl methyl sites for hydroxylation is 1. The normalized spacial score (nSPS) is 20.1. The molecule has 0 spiro atoms. The van der Waals surface area contributed by atoms with E-state index in [9.17, 15) is 13.2 Å². The first-order chi connectivity index (χ1) is 10.5. The van der Waals surface area contributed by atoms with E-state index in [-0.39, 0.29) is 29.2 Å². The van der Waals surface area contributed by atoms with Crippen LogP contribution in [0.2, 0.25) is 0 Å². The molecular weight excluding hydrogens is 306 g/mol. The zero-order chi connectivity index (χ0) is 15.7. The maximum Gasteiger partial charge on any atom is 0.292 e. The van der Waals surface area contributed by atoms with Crippen LogP contribution in [-0.2, 0) is 16.3 Å². The molecule has 1 aliphatic heterocycles. The number of hydrogen-bond donors (Lipinski definition) is 1. The summed E-state index contributed by atoms with van der Waals surface area (Å²) in [5.41, 5.74) is 0. The van der Waals surface area contributed by atoms with Crippen molar-refractivity contribution >= 4 is 21.6 Å². The van der Waals surface area contributed by atoms with E-state index in [1.165, 1.54) is 0 Å². The molecule has 22 heavy (non-hydrogen) atoms. The molecule has 0 unspecified atom stereocenters. The minimum absolute atomic E-state index is 0.0539. The number of rotatable bonds is 4. The first-order valence-corrected chi connectivity index (χ1v) is 8.94. The lowest BCUT2D eigenvalue weighted by Crippen LogP contribution is -2.19. The van der Waals surface area contributed by atoms with Gasteiger partial charge in [-0.2, -0.15) is 5.10 Å². The molecule has 118 valence electrons. The average molecular weight is 323 g/mol. The van der Waals surface area contributed by atoms with Crippen molar-refractivity contribution in [3.63, 3.8) is 0 Å². The maximum absolute atomic E-state index is 12.2. The van der Waals surface area contributed by atoms with E-state index in [4.69, 9.17) is 4.42 Å². The van der Waals surface area contributed by atoms with Gasteiger partial charge < -0.3 is 9.73 Å². The van der Waals surface area contributed by atoms with E-state index >= 15 is 0 Å². The molecule has 2 aromatic heterocycles. The topological polar surface area (TPSA) is 94.2 Å². The molecule has 8 heteroatoms. The van der Waals surface area contributed by atoms with Gasteiger partial charge in [-0.3, -0.25) is 4.79 Å². The van der Waals surface area contributed by atoms with Crippen LogP contribution in [0.25, 0.3) is 0 Å². The number of nitrogens with one attached hydrogen (secondary N) is 1. The highest BCUT2D eigenvalue weighted by Crippen LogP contribution is 2.26. The first-order valence-electron chi connectivity index (χ1n) is 7.12. The van der Waals surface area contributed by atoms with Crippen molar-refractivity contribution in [3.05, 3.63) is 35.9 Å². The second-order valence-electron chi connectivity index (χ2n) is 5.29. The quantitative estimate of drug-likeness (QED) is 0.923. The third-order valence-electron chi connectivity index (χ3n) is 3.70. The van der Waals surface area contributed by atoms with Gasteiger partial charge in [-0.1, -0.05) is 6.92 Å². The van der Waals surface area contributed by atoms with Crippen molar-refractivity contribution in [3.8, 4) is 0 Å². The van der Waals surface area contributed by atoms with Gasteiger partial charge in [0.2, 0.25) is 0 Å². The smallest absolute Gasteiger partial charge is 0.292 e. The first kappa shape index (κ1) is 14.8. The molecule has 3 rings (SSSR count). The Bertz CT molecular complexity index is 791. The van der Waals surface area contributed by atoms with Crippen LogP contribution in [0.4, 0.5) is 5.82 Å². The van der Waals surface area contributed by atoms with Gasteiger partial charge in [0.1, 0.15) is 11.6 Å². The van der Waals surface area contributed by atoms with Crippen molar-refractivity contribution in [1.29, 1.82) is 0 Å². The van der Waals surface area contributed by atoms with Gasteiger partial charge >= 0.3 is 0 Å². The number of hydrogen-bond acceptors (Lipinski definition) is 5. The van der Waals surface area contributed by atoms with Gasteiger partial charge in [0.15, 0.2) is 15.6 Å². The summed E-state index contributed by atoms with van der Waals surface area (Å²) in [6.45, 7) is 1.94. The summed E-state index contributed by atoms with van der Waals surface area (Å²) in [5, 5.41) is 6.86. The van der Waals surface area contributed by atoms with Crippen molar-refractivity contribution in [2.24, 2.45) is 0 Å². The molecular formula is C14H17N3O4S. The molecule has 2 aromatic rings.